The van der Waals surface area contributed by atoms with E-state index < -0.39 is 0 Å². The largest absolute Gasteiger partial charge is 0.365 e. The van der Waals surface area contributed by atoms with Crippen LogP contribution in [0.15, 0.2) is 36.7 Å². The van der Waals surface area contributed by atoms with E-state index in [4.69, 9.17) is 0 Å². The molecule has 4 nitrogen and oxygen atoms in total. The van der Waals surface area contributed by atoms with Crippen LogP contribution in [0.3, 0.4) is 0 Å². The fourth-order valence-corrected chi connectivity index (χ4v) is 2.91. The molecule has 1 aromatic heterocycles. The molecule has 22 heavy (non-hydrogen) atoms. The Kier molecular flexibility index (Phi) is 4.63. The van der Waals surface area contributed by atoms with Gasteiger partial charge in [0.05, 0.1) is 11.9 Å². The van der Waals surface area contributed by atoms with Gasteiger partial charge in [-0.25, -0.2) is 9.37 Å². The number of nitrogens with zero attached hydrogens (tertiary/aromatic N) is 3. The molecule has 1 N–H and O–H groups in total. The smallest absolute Gasteiger partial charge is 0.145 e. The van der Waals surface area contributed by atoms with Crippen molar-refractivity contribution in [2.45, 2.75) is 25.3 Å². The molecule has 2 heterocycles. The lowest BCUT2D eigenvalue weighted by Gasteiger charge is -2.29. The highest BCUT2D eigenvalue weighted by Gasteiger charge is 2.20. The number of anilines is 1. The average molecular weight is 300 g/mol. The lowest BCUT2D eigenvalue weighted by Crippen LogP contribution is -2.31. The number of benzene rings is 1. The van der Waals surface area contributed by atoms with Crippen LogP contribution in [-0.2, 0) is 6.54 Å². The molecule has 5 heteroatoms. The van der Waals surface area contributed by atoms with Gasteiger partial charge < -0.3 is 10.2 Å². The lowest BCUT2D eigenvalue weighted by molar-refractivity contribution is 0.248. The number of rotatable bonds is 4. The van der Waals surface area contributed by atoms with Gasteiger partial charge in [-0.2, -0.15) is 0 Å². The maximum absolute atomic E-state index is 13.2. The second-order valence-electron chi connectivity index (χ2n) is 5.91. The third kappa shape index (κ3) is 3.80. The number of halogens is 1. The molecule has 3 rings (SSSR count). The number of hydrogen-bond donors (Lipinski definition) is 1. The standard InChI is InChI=1S/C17H21FN4/c1-22-7-3-5-14(12-22)16-10-19-11-17(21-16)20-9-13-4-2-6-15(18)8-13/h2,4,6,8,10-11,14H,3,5,7,9,12H2,1H3,(H,20,21)/t14-/m0/s1. The van der Waals surface area contributed by atoms with Crippen molar-refractivity contribution in [3.05, 3.63) is 53.7 Å². The molecule has 0 bridgehead atoms. The Labute approximate surface area is 130 Å². The summed E-state index contributed by atoms with van der Waals surface area (Å²) < 4.78 is 13.2. The summed E-state index contributed by atoms with van der Waals surface area (Å²) in [6.45, 7) is 2.73. The molecule has 0 aliphatic carbocycles. The molecular weight excluding hydrogens is 279 g/mol. The molecule has 1 saturated heterocycles. The Morgan fingerprint density at radius 3 is 3.09 bits per heavy atom. The van der Waals surface area contributed by atoms with E-state index in [1.54, 1.807) is 12.3 Å². The molecule has 0 saturated carbocycles. The molecule has 0 unspecified atom stereocenters. The van der Waals surface area contributed by atoms with E-state index in [1.807, 2.05) is 12.3 Å². The third-order valence-corrected chi connectivity index (χ3v) is 4.06. The predicted octanol–water partition coefficient (Wildman–Crippen LogP) is 3.04. The minimum atomic E-state index is -0.218. The van der Waals surface area contributed by atoms with Gasteiger partial charge >= 0.3 is 0 Å². The van der Waals surface area contributed by atoms with Crippen LogP contribution in [0, 0.1) is 5.82 Å². The summed E-state index contributed by atoms with van der Waals surface area (Å²) in [7, 11) is 2.14. The highest BCUT2D eigenvalue weighted by atomic mass is 19.1. The van der Waals surface area contributed by atoms with Crippen molar-refractivity contribution in [2.75, 3.05) is 25.5 Å². The van der Waals surface area contributed by atoms with Crippen molar-refractivity contribution in [3.63, 3.8) is 0 Å². The second-order valence-corrected chi connectivity index (χ2v) is 5.91. The molecular formula is C17H21FN4. The van der Waals surface area contributed by atoms with Gasteiger partial charge in [0, 0.05) is 25.2 Å². The zero-order chi connectivity index (χ0) is 15.4. The minimum absolute atomic E-state index is 0.218. The van der Waals surface area contributed by atoms with Crippen molar-refractivity contribution >= 4 is 5.82 Å². The van der Waals surface area contributed by atoms with Crippen LogP contribution >= 0.6 is 0 Å². The number of nitrogens with one attached hydrogen (secondary N) is 1. The fourth-order valence-electron chi connectivity index (χ4n) is 2.91. The van der Waals surface area contributed by atoms with Gasteiger partial charge in [0.25, 0.3) is 0 Å². The average Bonchev–Trinajstić information content (AvgIpc) is 2.53. The second kappa shape index (κ2) is 6.83. The van der Waals surface area contributed by atoms with E-state index in [0.29, 0.717) is 12.5 Å². The molecule has 2 aromatic rings. The molecule has 1 aliphatic rings. The van der Waals surface area contributed by atoms with Gasteiger partial charge in [0.15, 0.2) is 0 Å². The number of piperidine rings is 1. The Hall–Kier alpha value is -2.01. The Morgan fingerprint density at radius 2 is 2.27 bits per heavy atom. The van der Waals surface area contributed by atoms with Crippen molar-refractivity contribution in [2.24, 2.45) is 0 Å². The molecule has 1 fully saturated rings. The molecule has 0 amide bonds. The van der Waals surface area contributed by atoms with E-state index in [1.165, 1.54) is 18.6 Å². The van der Waals surface area contributed by atoms with E-state index >= 15 is 0 Å². The first-order valence-electron chi connectivity index (χ1n) is 7.69. The summed E-state index contributed by atoms with van der Waals surface area (Å²) in [4.78, 5) is 11.3. The SMILES string of the molecule is CN1CCC[C@H](c2cncc(NCc3cccc(F)c3)n2)C1. The zero-order valence-corrected chi connectivity index (χ0v) is 12.8. The minimum Gasteiger partial charge on any atom is -0.365 e. The summed E-state index contributed by atoms with van der Waals surface area (Å²) in [5.74, 6) is 0.974. The van der Waals surface area contributed by atoms with Gasteiger partial charge in [-0.05, 0) is 44.1 Å². The van der Waals surface area contributed by atoms with Gasteiger partial charge in [-0.15, -0.1) is 0 Å². The maximum atomic E-state index is 13.2. The van der Waals surface area contributed by atoms with Crippen LogP contribution in [0.25, 0.3) is 0 Å². The van der Waals surface area contributed by atoms with Crippen LogP contribution in [0.1, 0.15) is 30.0 Å². The molecule has 1 aromatic carbocycles. The van der Waals surface area contributed by atoms with E-state index in [0.717, 1.165) is 36.6 Å². The number of likely N-dealkylation sites (N-methyl/N-ethyl adjacent to an activating group) is 1. The van der Waals surface area contributed by atoms with Crippen LogP contribution in [0.5, 0.6) is 0 Å². The summed E-state index contributed by atoms with van der Waals surface area (Å²) in [6.07, 6.45) is 5.93. The van der Waals surface area contributed by atoms with Gasteiger partial charge in [0.2, 0.25) is 0 Å². The quantitative estimate of drug-likeness (QED) is 0.942. The zero-order valence-electron chi connectivity index (χ0n) is 12.8. The number of likely N-dealkylation sites (tertiary alicyclic amines) is 1. The van der Waals surface area contributed by atoms with Gasteiger partial charge in [-0.1, -0.05) is 12.1 Å². The van der Waals surface area contributed by atoms with Crippen LogP contribution < -0.4 is 5.32 Å². The Bertz CT molecular complexity index is 632. The Balaban J connectivity index is 1.66. The molecule has 0 spiro atoms. The fraction of sp³-hybridized carbons (Fsp3) is 0.412. The van der Waals surface area contributed by atoms with Crippen LogP contribution in [-0.4, -0.2) is 35.0 Å². The highest BCUT2D eigenvalue weighted by Crippen LogP contribution is 2.25. The molecule has 116 valence electrons. The van der Waals surface area contributed by atoms with Gasteiger partial charge in [-0.3, -0.25) is 4.98 Å². The van der Waals surface area contributed by atoms with Crippen molar-refractivity contribution in [1.82, 2.24) is 14.9 Å². The summed E-state index contributed by atoms with van der Waals surface area (Å²) >= 11 is 0. The highest BCUT2D eigenvalue weighted by molar-refractivity contribution is 5.34. The first kappa shape index (κ1) is 14.9. The van der Waals surface area contributed by atoms with E-state index in [-0.39, 0.29) is 5.82 Å². The van der Waals surface area contributed by atoms with Gasteiger partial charge in [0.1, 0.15) is 11.6 Å². The molecule has 1 atom stereocenters. The van der Waals surface area contributed by atoms with Crippen LogP contribution in [0.2, 0.25) is 0 Å². The summed E-state index contributed by atoms with van der Waals surface area (Å²) in [6, 6.07) is 6.58. The lowest BCUT2D eigenvalue weighted by atomic mass is 9.95. The number of hydrogen-bond acceptors (Lipinski definition) is 4. The van der Waals surface area contributed by atoms with E-state index in [2.05, 4.69) is 27.2 Å². The predicted molar refractivity (Wildman–Crippen MR) is 85.2 cm³/mol. The van der Waals surface area contributed by atoms with Crippen molar-refractivity contribution < 1.29 is 4.39 Å². The third-order valence-electron chi connectivity index (χ3n) is 4.06. The van der Waals surface area contributed by atoms with E-state index in [9.17, 15) is 4.39 Å². The molecule has 1 aliphatic heterocycles. The monoisotopic (exact) mass is 300 g/mol. The maximum Gasteiger partial charge on any atom is 0.145 e. The normalized spacial score (nSPS) is 19.1. The first-order chi connectivity index (χ1) is 10.7. The summed E-state index contributed by atoms with van der Waals surface area (Å²) in [5, 5.41) is 3.22. The Morgan fingerprint density at radius 1 is 1.36 bits per heavy atom. The van der Waals surface area contributed by atoms with Crippen LogP contribution in [0.4, 0.5) is 10.2 Å². The first-order valence-corrected chi connectivity index (χ1v) is 7.69. The van der Waals surface area contributed by atoms with Crippen molar-refractivity contribution in [1.29, 1.82) is 0 Å². The summed E-state index contributed by atoms with van der Waals surface area (Å²) in [5.41, 5.74) is 1.93. The number of aromatic nitrogens is 2. The van der Waals surface area contributed by atoms with Crippen molar-refractivity contribution in [3.8, 4) is 0 Å². The molecule has 0 radical (unpaired) electrons. The topological polar surface area (TPSA) is 41.1 Å².